The van der Waals surface area contributed by atoms with Crippen LogP contribution in [0.5, 0.6) is 0 Å². The van der Waals surface area contributed by atoms with Crippen LogP contribution >= 0.6 is 23.4 Å². The molecule has 4 rings (SSSR count). The number of aromatic nitrogens is 2. The Bertz CT molecular complexity index is 888. The topological polar surface area (TPSA) is 70.6 Å². The van der Waals surface area contributed by atoms with Gasteiger partial charge < -0.3 is 15.0 Å². The molecule has 1 amide bonds. The molecule has 0 unspecified atom stereocenters. The molecule has 2 fully saturated rings. The van der Waals surface area contributed by atoms with Crippen molar-refractivity contribution in [2.75, 3.05) is 57.4 Å². The predicted molar refractivity (Wildman–Crippen MR) is 124 cm³/mol. The van der Waals surface area contributed by atoms with Crippen molar-refractivity contribution in [3.8, 4) is 0 Å². The maximum absolute atomic E-state index is 12.5. The van der Waals surface area contributed by atoms with Crippen LogP contribution in [0, 0.1) is 0 Å². The minimum Gasteiger partial charge on any atom is -0.379 e. The molecule has 0 atom stereocenters. The fourth-order valence-corrected chi connectivity index (χ4v) is 4.79. The monoisotopic (exact) mass is 461 g/mol. The van der Waals surface area contributed by atoms with Crippen molar-refractivity contribution < 1.29 is 9.53 Å². The summed E-state index contributed by atoms with van der Waals surface area (Å²) in [6, 6.07) is 9.55. The van der Waals surface area contributed by atoms with Crippen molar-refractivity contribution in [2.24, 2.45) is 0 Å². The molecule has 0 saturated carbocycles. The SMILES string of the molecule is O=C(NCCN1CCOCC1)c1cccc(CSc2nc(Cl)cc(N3CCCC3)n2)c1. The lowest BCUT2D eigenvalue weighted by Gasteiger charge is -2.26. The second-order valence-corrected chi connectivity index (χ2v) is 9.05. The maximum Gasteiger partial charge on any atom is 0.251 e. The van der Waals surface area contributed by atoms with Gasteiger partial charge in [0, 0.05) is 56.7 Å². The number of carbonyl (C=O) groups excluding carboxylic acids is 1. The zero-order chi connectivity index (χ0) is 21.5. The highest BCUT2D eigenvalue weighted by Crippen LogP contribution is 2.26. The van der Waals surface area contributed by atoms with Crippen LogP contribution in [-0.4, -0.2) is 73.3 Å². The number of rotatable bonds is 8. The third kappa shape index (κ3) is 6.55. The number of thioether (sulfide) groups is 1. The van der Waals surface area contributed by atoms with Gasteiger partial charge in [0.15, 0.2) is 5.16 Å². The largest absolute Gasteiger partial charge is 0.379 e. The van der Waals surface area contributed by atoms with Gasteiger partial charge in [-0.2, -0.15) is 0 Å². The van der Waals surface area contributed by atoms with Crippen LogP contribution in [-0.2, 0) is 10.5 Å². The van der Waals surface area contributed by atoms with Crippen LogP contribution in [0.2, 0.25) is 5.15 Å². The molecule has 1 N–H and O–H groups in total. The first-order valence-corrected chi connectivity index (χ1v) is 12.1. The Labute approximate surface area is 192 Å². The molecule has 0 bridgehead atoms. The Morgan fingerprint density at radius 1 is 1.13 bits per heavy atom. The molecule has 3 heterocycles. The molecule has 1 aromatic carbocycles. The number of hydrogen-bond acceptors (Lipinski definition) is 7. The molecule has 2 aliphatic rings. The number of amides is 1. The van der Waals surface area contributed by atoms with Crippen LogP contribution in [0.4, 0.5) is 5.82 Å². The van der Waals surface area contributed by atoms with Gasteiger partial charge in [-0.1, -0.05) is 35.5 Å². The number of carbonyl (C=O) groups is 1. The fourth-order valence-electron chi connectivity index (χ4n) is 3.76. The highest BCUT2D eigenvalue weighted by Gasteiger charge is 2.16. The summed E-state index contributed by atoms with van der Waals surface area (Å²) in [7, 11) is 0. The summed E-state index contributed by atoms with van der Waals surface area (Å²) >= 11 is 7.76. The van der Waals surface area contributed by atoms with Crippen LogP contribution in [0.3, 0.4) is 0 Å². The summed E-state index contributed by atoms with van der Waals surface area (Å²) in [6.45, 7) is 6.89. The summed E-state index contributed by atoms with van der Waals surface area (Å²) in [6.07, 6.45) is 2.37. The van der Waals surface area contributed by atoms with Crippen molar-refractivity contribution in [3.05, 3.63) is 46.6 Å². The number of benzene rings is 1. The average molecular weight is 462 g/mol. The van der Waals surface area contributed by atoms with E-state index in [1.54, 1.807) is 0 Å². The van der Waals surface area contributed by atoms with Crippen molar-refractivity contribution in [1.82, 2.24) is 20.2 Å². The number of ether oxygens (including phenoxy) is 1. The van der Waals surface area contributed by atoms with Crippen LogP contribution in [0.25, 0.3) is 0 Å². The third-order valence-electron chi connectivity index (χ3n) is 5.47. The molecule has 0 aliphatic carbocycles. The van der Waals surface area contributed by atoms with Crippen LogP contribution in [0.1, 0.15) is 28.8 Å². The molecule has 9 heteroatoms. The second kappa shape index (κ2) is 11.1. The number of nitrogens with zero attached hydrogens (tertiary/aromatic N) is 4. The van der Waals surface area contributed by atoms with Crippen molar-refractivity contribution in [2.45, 2.75) is 23.8 Å². The van der Waals surface area contributed by atoms with Gasteiger partial charge in [-0.3, -0.25) is 9.69 Å². The zero-order valence-electron chi connectivity index (χ0n) is 17.6. The number of hydrogen-bond donors (Lipinski definition) is 1. The maximum atomic E-state index is 12.5. The number of morpholine rings is 1. The number of anilines is 1. The summed E-state index contributed by atoms with van der Waals surface area (Å²) in [5, 5.41) is 4.14. The standard InChI is InChI=1S/C22H28ClN5O2S/c23-19-15-20(28-7-1-2-8-28)26-22(25-19)31-16-17-4-3-5-18(14-17)21(29)24-6-9-27-10-12-30-13-11-27/h3-5,14-15H,1-2,6-13,16H2,(H,24,29). The molecular weight excluding hydrogens is 434 g/mol. The van der Waals surface area contributed by atoms with E-state index in [1.165, 1.54) is 24.6 Å². The van der Waals surface area contributed by atoms with Crippen molar-refractivity contribution >= 4 is 35.1 Å². The first-order valence-electron chi connectivity index (χ1n) is 10.8. The molecule has 2 saturated heterocycles. The van der Waals surface area contributed by atoms with E-state index in [1.807, 2.05) is 30.3 Å². The summed E-state index contributed by atoms with van der Waals surface area (Å²) in [4.78, 5) is 26.1. The van der Waals surface area contributed by atoms with Crippen molar-refractivity contribution in [3.63, 3.8) is 0 Å². The van der Waals surface area contributed by atoms with E-state index < -0.39 is 0 Å². The van der Waals surface area contributed by atoms with E-state index in [4.69, 9.17) is 16.3 Å². The lowest BCUT2D eigenvalue weighted by Crippen LogP contribution is -2.41. The summed E-state index contributed by atoms with van der Waals surface area (Å²) < 4.78 is 5.35. The Hall–Kier alpha value is -1.87. The van der Waals surface area contributed by atoms with Gasteiger partial charge in [-0.15, -0.1) is 0 Å². The Morgan fingerprint density at radius 3 is 2.74 bits per heavy atom. The first kappa shape index (κ1) is 22.3. The lowest BCUT2D eigenvalue weighted by molar-refractivity contribution is 0.0383. The summed E-state index contributed by atoms with van der Waals surface area (Å²) in [5.41, 5.74) is 1.72. The van der Waals surface area contributed by atoms with E-state index in [2.05, 4.69) is 25.1 Å². The molecule has 2 aromatic rings. The quantitative estimate of drug-likeness (QED) is 0.368. The average Bonchev–Trinajstić information content (AvgIpc) is 3.33. The Balaban J connectivity index is 1.30. The normalized spacial score (nSPS) is 17.1. The highest BCUT2D eigenvalue weighted by molar-refractivity contribution is 7.98. The molecule has 0 radical (unpaired) electrons. The van der Waals surface area contributed by atoms with Gasteiger partial charge in [0.2, 0.25) is 0 Å². The van der Waals surface area contributed by atoms with Gasteiger partial charge in [-0.05, 0) is 30.5 Å². The number of halogens is 1. The van der Waals surface area contributed by atoms with E-state index >= 15 is 0 Å². The Kier molecular flexibility index (Phi) is 8.02. The molecular formula is C22H28ClN5O2S. The second-order valence-electron chi connectivity index (χ2n) is 7.72. The first-order chi connectivity index (χ1) is 15.2. The lowest BCUT2D eigenvalue weighted by atomic mass is 10.1. The molecule has 0 spiro atoms. The van der Waals surface area contributed by atoms with E-state index in [0.29, 0.717) is 28.2 Å². The zero-order valence-corrected chi connectivity index (χ0v) is 19.1. The molecule has 31 heavy (non-hydrogen) atoms. The molecule has 1 aromatic heterocycles. The minimum atomic E-state index is -0.0459. The van der Waals surface area contributed by atoms with Gasteiger partial charge in [0.05, 0.1) is 13.2 Å². The van der Waals surface area contributed by atoms with E-state index in [0.717, 1.165) is 57.3 Å². The van der Waals surface area contributed by atoms with Gasteiger partial charge in [0.25, 0.3) is 5.91 Å². The third-order valence-corrected chi connectivity index (χ3v) is 6.58. The van der Waals surface area contributed by atoms with E-state index in [9.17, 15) is 4.79 Å². The predicted octanol–water partition coefficient (Wildman–Crippen LogP) is 3.08. The smallest absolute Gasteiger partial charge is 0.251 e. The van der Waals surface area contributed by atoms with Gasteiger partial charge >= 0.3 is 0 Å². The van der Waals surface area contributed by atoms with Gasteiger partial charge in [-0.25, -0.2) is 9.97 Å². The Morgan fingerprint density at radius 2 is 1.94 bits per heavy atom. The summed E-state index contributed by atoms with van der Waals surface area (Å²) in [5.74, 6) is 1.53. The molecule has 2 aliphatic heterocycles. The van der Waals surface area contributed by atoms with Crippen LogP contribution < -0.4 is 10.2 Å². The van der Waals surface area contributed by atoms with Gasteiger partial charge in [0.1, 0.15) is 11.0 Å². The number of nitrogens with one attached hydrogen (secondary N) is 1. The van der Waals surface area contributed by atoms with E-state index in [-0.39, 0.29) is 5.91 Å². The molecule has 166 valence electrons. The minimum absolute atomic E-state index is 0.0459. The van der Waals surface area contributed by atoms with Crippen molar-refractivity contribution in [1.29, 1.82) is 0 Å². The van der Waals surface area contributed by atoms with Crippen LogP contribution in [0.15, 0.2) is 35.5 Å². The molecule has 7 nitrogen and oxygen atoms in total. The fraction of sp³-hybridized carbons (Fsp3) is 0.500. The highest BCUT2D eigenvalue weighted by atomic mass is 35.5.